The van der Waals surface area contributed by atoms with E-state index >= 15 is 0 Å². The first-order valence-electron chi connectivity index (χ1n) is 10.4. The number of benzene rings is 1. The zero-order valence-corrected chi connectivity index (χ0v) is 17.5. The number of carbonyl (C=O) groups excluding carboxylic acids is 2. The van der Waals surface area contributed by atoms with Crippen molar-refractivity contribution < 1.29 is 29.3 Å². The molecule has 0 aromatic heterocycles. The molecule has 0 amide bonds. The maximum absolute atomic E-state index is 12.6. The van der Waals surface area contributed by atoms with Crippen molar-refractivity contribution in [1.82, 2.24) is 0 Å². The van der Waals surface area contributed by atoms with Gasteiger partial charge in [-0.15, -0.1) is 0 Å². The average molecular weight is 412 g/mol. The van der Waals surface area contributed by atoms with Gasteiger partial charge in [-0.1, -0.05) is 39.0 Å². The molecule has 4 rings (SSSR count). The van der Waals surface area contributed by atoms with Crippen LogP contribution in [0.25, 0.3) is 6.08 Å². The third-order valence-corrected chi connectivity index (χ3v) is 7.33. The highest BCUT2D eigenvalue weighted by atomic mass is 16.6. The molecule has 5 unspecified atom stereocenters. The van der Waals surface area contributed by atoms with E-state index in [4.69, 9.17) is 9.47 Å². The summed E-state index contributed by atoms with van der Waals surface area (Å²) in [5.74, 6) is -1.17. The molecule has 160 valence electrons. The van der Waals surface area contributed by atoms with E-state index in [1.165, 1.54) is 6.08 Å². The number of aliphatic hydroxyl groups excluding tert-OH is 1. The molecule has 1 heterocycles. The van der Waals surface area contributed by atoms with Crippen LogP contribution in [0.2, 0.25) is 0 Å². The molecule has 6 nitrogen and oxygen atoms in total. The van der Waals surface area contributed by atoms with Crippen molar-refractivity contribution in [2.75, 3.05) is 0 Å². The Hall–Kier alpha value is -2.60. The minimum atomic E-state index is -1.22. The number of hydrogen-bond donors (Lipinski definition) is 2. The molecule has 2 aliphatic carbocycles. The number of fused-ring (bicyclic) bond motifs is 3. The van der Waals surface area contributed by atoms with E-state index in [-0.39, 0.29) is 17.1 Å². The van der Waals surface area contributed by atoms with E-state index in [9.17, 15) is 19.8 Å². The second-order valence-corrected chi connectivity index (χ2v) is 9.46. The number of cyclic esters (lactones) is 1. The number of phenols is 1. The summed E-state index contributed by atoms with van der Waals surface area (Å²) in [5, 5.41) is 19.9. The number of allylic oxidation sites excluding steroid dienone is 1. The number of ether oxygens (including phenoxy) is 2. The predicted molar refractivity (Wildman–Crippen MR) is 110 cm³/mol. The predicted octanol–water partition coefficient (Wildman–Crippen LogP) is 3.58. The number of esters is 2. The lowest BCUT2D eigenvalue weighted by Crippen LogP contribution is -2.58. The molecule has 1 saturated heterocycles. The lowest BCUT2D eigenvalue weighted by molar-refractivity contribution is -0.198. The van der Waals surface area contributed by atoms with Gasteiger partial charge in [-0.25, -0.2) is 9.59 Å². The summed E-state index contributed by atoms with van der Waals surface area (Å²) in [6.07, 6.45) is 5.47. The van der Waals surface area contributed by atoms with Crippen molar-refractivity contribution >= 4 is 18.0 Å². The van der Waals surface area contributed by atoms with Crippen LogP contribution in [0.5, 0.6) is 5.75 Å². The molecule has 2 N–H and O–H groups in total. The van der Waals surface area contributed by atoms with Gasteiger partial charge in [0.05, 0.1) is 5.92 Å². The maximum Gasteiger partial charge on any atom is 0.336 e. The van der Waals surface area contributed by atoms with Gasteiger partial charge < -0.3 is 19.7 Å². The smallest absolute Gasteiger partial charge is 0.336 e. The Balaban J connectivity index is 1.60. The second kappa shape index (κ2) is 7.27. The quantitative estimate of drug-likeness (QED) is 0.582. The van der Waals surface area contributed by atoms with Crippen molar-refractivity contribution in [3.8, 4) is 5.75 Å². The van der Waals surface area contributed by atoms with Gasteiger partial charge in [-0.05, 0) is 54.4 Å². The van der Waals surface area contributed by atoms with E-state index in [0.717, 1.165) is 12.0 Å². The van der Waals surface area contributed by atoms with Crippen LogP contribution in [-0.2, 0) is 19.1 Å². The van der Waals surface area contributed by atoms with Crippen molar-refractivity contribution in [2.24, 2.45) is 22.7 Å². The summed E-state index contributed by atoms with van der Waals surface area (Å²) in [6.45, 7) is 6.41. The fraction of sp³-hybridized carbons (Fsp3) is 0.500. The van der Waals surface area contributed by atoms with Gasteiger partial charge in [0.25, 0.3) is 0 Å². The Morgan fingerprint density at radius 2 is 1.93 bits per heavy atom. The molecule has 2 fully saturated rings. The van der Waals surface area contributed by atoms with Crippen LogP contribution in [0.3, 0.4) is 0 Å². The standard InChI is InChI=1S/C24H28O6/c1-23(2)13-12-18(29-19(26)11-6-14-4-7-15(25)8-5-14)24(3)17(23)10-9-16-20(24)22(28)30-21(16)27/h4-9,11,17-18,20,22,25,28H,10,12-13H2,1-3H3. The Morgan fingerprint density at radius 3 is 2.63 bits per heavy atom. The Kier molecular flexibility index (Phi) is 5.01. The summed E-state index contributed by atoms with van der Waals surface area (Å²) in [5.41, 5.74) is 0.637. The first kappa shape index (κ1) is 20.7. The topological polar surface area (TPSA) is 93.1 Å². The minimum Gasteiger partial charge on any atom is -0.508 e. The number of rotatable bonds is 3. The first-order chi connectivity index (χ1) is 14.1. The van der Waals surface area contributed by atoms with Gasteiger partial charge in [0.1, 0.15) is 11.9 Å². The number of aromatic hydroxyl groups is 1. The van der Waals surface area contributed by atoms with E-state index in [0.29, 0.717) is 18.4 Å². The zero-order chi connectivity index (χ0) is 21.7. The molecule has 3 aliphatic rings. The minimum absolute atomic E-state index is 0.0209. The number of phenolic OH excluding ortho intramolecular Hbond substituents is 1. The highest BCUT2D eigenvalue weighted by molar-refractivity contribution is 5.92. The lowest BCUT2D eigenvalue weighted by atomic mass is 9.47. The summed E-state index contributed by atoms with van der Waals surface area (Å²) in [6, 6.07) is 6.51. The fourth-order valence-electron chi connectivity index (χ4n) is 5.78. The maximum atomic E-state index is 12.6. The lowest BCUT2D eigenvalue weighted by Gasteiger charge is -2.58. The summed E-state index contributed by atoms with van der Waals surface area (Å²) < 4.78 is 11.0. The van der Waals surface area contributed by atoms with Gasteiger partial charge in [0, 0.05) is 17.1 Å². The molecule has 0 bridgehead atoms. The third-order valence-electron chi connectivity index (χ3n) is 7.33. The Labute approximate surface area is 176 Å². The van der Waals surface area contributed by atoms with Crippen molar-refractivity contribution in [2.45, 2.75) is 52.4 Å². The molecule has 0 radical (unpaired) electrons. The van der Waals surface area contributed by atoms with E-state index in [2.05, 4.69) is 13.8 Å². The highest BCUT2D eigenvalue weighted by Gasteiger charge is 2.63. The fourth-order valence-corrected chi connectivity index (χ4v) is 5.78. The molecule has 0 spiro atoms. The normalized spacial score (nSPS) is 34.7. The molecule has 6 heteroatoms. The summed E-state index contributed by atoms with van der Waals surface area (Å²) in [7, 11) is 0. The largest absolute Gasteiger partial charge is 0.508 e. The van der Waals surface area contributed by atoms with Gasteiger partial charge >= 0.3 is 11.9 Å². The van der Waals surface area contributed by atoms with Crippen LogP contribution in [0.4, 0.5) is 0 Å². The molecular formula is C24H28O6. The zero-order valence-electron chi connectivity index (χ0n) is 17.5. The van der Waals surface area contributed by atoms with E-state index < -0.39 is 35.7 Å². The molecule has 1 aromatic carbocycles. The van der Waals surface area contributed by atoms with Crippen LogP contribution in [0.15, 0.2) is 42.0 Å². The monoisotopic (exact) mass is 412 g/mol. The molecule has 5 atom stereocenters. The van der Waals surface area contributed by atoms with Crippen molar-refractivity contribution in [3.05, 3.63) is 47.6 Å². The Bertz CT molecular complexity index is 912. The van der Waals surface area contributed by atoms with E-state index in [1.54, 1.807) is 30.3 Å². The van der Waals surface area contributed by atoms with Crippen LogP contribution in [0.1, 0.15) is 45.6 Å². The average Bonchev–Trinajstić information content (AvgIpc) is 2.98. The van der Waals surface area contributed by atoms with Crippen LogP contribution in [0, 0.1) is 22.7 Å². The van der Waals surface area contributed by atoms with Crippen LogP contribution >= 0.6 is 0 Å². The molecule has 1 aliphatic heterocycles. The molecule has 30 heavy (non-hydrogen) atoms. The third kappa shape index (κ3) is 3.33. The molecule has 1 saturated carbocycles. The highest BCUT2D eigenvalue weighted by Crippen LogP contribution is 2.62. The number of aliphatic hydroxyl groups is 1. The second-order valence-electron chi connectivity index (χ2n) is 9.46. The van der Waals surface area contributed by atoms with Crippen molar-refractivity contribution in [1.29, 1.82) is 0 Å². The van der Waals surface area contributed by atoms with Crippen LogP contribution < -0.4 is 0 Å². The molecule has 1 aromatic rings. The Morgan fingerprint density at radius 1 is 1.23 bits per heavy atom. The van der Waals surface area contributed by atoms with Gasteiger partial charge in [-0.2, -0.15) is 0 Å². The molecular weight excluding hydrogens is 384 g/mol. The first-order valence-corrected chi connectivity index (χ1v) is 10.4. The van der Waals surface area contributed by atoms with Gasteiger partial charge in [0.15, 0.2) is 0 Å². The van der Waals surface area contributed by atoms with Gasteiger partial charge in [-0.3, -0.25) is 0 Å². The number of carbonyl (C=O) groups is 2. The van der Waals surface area contributed by atoms with E-state index in [1.807, 2.05) is 13.0 Å². The number of hydrogen-bond acceptors (Lipinski definition) is 6. The van der Waals surface area contributed by atoms with Crippen molar-refractivity contribution in [3.63, 3.8) is 0 Å². The summed E-state index contributed by atoms with van der Waals surface area (Å²) >= 11 is 0. The van der Waals surface area contributed by atoms with Gasteiger partial charge in [0.2, 0.25) is 6.29 Å². The summed E-state index contributed by atoms with van der Waals surface area (Å²) in [4.78, 5) is 24.9. The SMILES string of the molecule is CC1(C)CCC(OC(=O)C=Cc2ccc(O)cc2)C2(C)C3C(=CCC12)C(=O)OC3O. The van der Waals surface area contributed by atoms with Crippen LogP contribution in [-0.4, -0.2) is 34.5 Å².